The zero-order valence-electron chi connectivity index (χ0n) is 12.7. The molecule has 1 aliphatic heterocycles. The minimum Gasteiger partial charge on any atom is -0.370 e. The predicted octanol–water partition coefficient (Wildman–Crippen LogP) is 4.15. The number of benzene rings is 1. The van der Waals surface area contributed by atoms with Crippen LogP contribution in [0.25, 0.3) is 0 Å². The molecule has 21 heavy (non-hydrogen) atoms. The molecule has 0 bridgehead atoms. The van der Waals surface area contributed by atoms with E-state index in [1.807, 2.05) is 0 Å². The number of hydrogen-bond acceptors (Lipinski definition) is 3. The van der Waals surface area contributed by atoms with Crippen molar-refractivity contribution < 1.29 is 0 Å². The van der Waals surface area contributed by atoms with Crippen molar-refractivity contribution in [3.05, 3.63) is 33.8 Å². The highest BCUT2D eigenvalue weighted by Gasteiger charge is 2.33. The third kappa shape index (κ3) is 3.10. The van der Waals surface area contributed by atoms with E-state index in [0.29, 0.717) is 12.1 Å². The van der Waals surface area contributed by atoms with Gasteiger partial charge in [0.25, 0.3) is 0 Å². The lowest BCUT2D eigenvalue weighted by molar-refractivity contribution is 0.237. The zero-order valence-corrected chi connectivity index (χ0v) is 14.3. The van der Waals surface area contributed by atoms with Crippen LogP contribution in [0.3, 0.4) is 0 Å². The number of nitrogens with two attached hydrogens (primary N) is 1. The monoisotopic (exact) mass is 349 g/mol. The van der Waals surface area contributed by atoms with E-state index in [0.717, 1.165) is 12.5 Å². The van der Waals surface area contributed by atoms with Crippen LogP contribution in [0, 0.1) is 6.92 Å². The maximum absolute atomic E-state index is 6.22. The molecule has 1 aliphatic carbocycles. The fraction of sp³-hybridized carbons (Fsp3) is 0.588. The molecule has 114 valence electrons. The van der Waals surface area contributed by atoms with Crippen molar-refractivity contribution in [3.63, 3.8) is 0 Å². The van der Waals surface area contributed by atoms with E-state index in [9.17, 15) is 0 Å². The fourth-order valence-electron chi connectivity index (χ4n) is 3.63. The largest absolute Gasteiger partial charge is 0.370 e. The summed E-state index contributed by atoms with van der Waals surface area (Å²) in [6, 6.07) is 7.50. The number of aryl methyl sites for hydroxylation is 1. The molecule has 1 saturated carbocycles. The topological polar surface area (TPSA) is 41.6 Å². The van der Waals surface area contributed by atoms with Crippen molar-refractivity contribution in [2.24, 2.45) is 10.7 Å². The molecule has 0 aromatic heterocycles. The first kappa shape index (κ1) is 14.9. The second-order valence-electron chi connectivity index (χ2n) is 6.28. The van der Waals surface area contributed by atoms with Crippen LogP contribution in [0.4, 0.5) is 0 Å². The number of nitrogens with zero attached hydrogens (tertiary/aromatic N) is 2. The summed E-state index contributed by atoms with van der Waals surface area (Å²) in [5.41, 5.74) is 8.84. The van der Waals surface area contributed by atoms with Crippen molar-refractivity contribution >= 4 is 21.9 Å². The second-order valence-corrected chi connectivity index (χ2v) is 7.13. The summed E-state index contributed by atoms with van der Waals surface area (Å²) in [4.78, 5) is 6.94. The quantitative estimate of drug-likeness (QED) is 0.814. The molecule has 4 heteroatoms. The van der Waals surface area contributed by atoms with Crippen molar-refractivity contribution in [2.75, 3.05) is 6.54 Å². The molecule has 1 aromatic rings. The summed E-state index contributed by atoms with van der Waals surface area (Å²) < 4.78 is 1.17. The Kier molecular flexibility index (Phi) is 4.53. The van der Waals surface area contributed by atoms with Gasteiger partial charge in [-0.1, -0.05) is 53.7 Å². The second kappa shape index (κ2) is 6.39. The molecule has 1 fully saturated rings. The zero-order chi connectivity index (χ0) is 14.8. The molecule has 1 atom stereocenters. The SMILES string of the molecule is Cc1cc(C2CN=C(N)N2C2CCCCCC2)ccc1Br. The first-order chi connectivity index (χ1) is 10.2. The van der Waals surface area contributed by atoms with Crippen molar-refractivity contribution in [2.45, 2.75) is 57.5 Å². The minimum absolute atomic E-state index is 0.319. The van der Waals surface area contributed by atoms with Crippen LogP contribution in [0.5, 0.6) is 0 Å². The van der Waals surface area contributed by atoms with Gasteiger partial charge < -0.3 is 10.6 Å². The standard InChI is InChI=1S/C17H24BrN3/c1-12-10-13(8-9-15(12)18)16-11-20-17(19)21(16)14-6-4-2-3-5-7-14/h8-10,14,16H,2-7,11H2,1H3,(H2,19,20). The summed E-state index contributed by atoms with van der Waals surface area (Å²) in [5.74, 6) is 0.743. The van der Waals surface area contributed by atoms with Crippen LogP contribution in [0.1, 0.15) is 55.7 Å². The lowest BCUT2D eigenvalue weighted by Gasteiger charge is -2.34. The molecule has 1 unspecified atom stereocenters. The van der Waals surface area contributed by atoms with Gasteiger partial charge in [-0.25, -0.2) is 0 Å². The molecular weight excluding hydrogens is 326 g/mol. The van der Waals surface area contributed by atoms with Crippen molar-refractivity contribution in [1.29, 1.82) is 0 Å². The van der Waals surface area contributed by atoms with Crippen LogP contribution in [0.2, 0.25) is 0 Å². The number of aliphatic imine (C=N–C) groups is 1. The Morgan fingerprint density at radius 3 is 2.57 bits per heavy atom. The van der Waals surface area contributed by atoms with E-state index in [2.05, 4.69) is 50.9 Å². The predicted molar refractivity (Wildman–Crippen MR) is 91.4 cm³/mol. The minimum atomic E-state index is 0.319. The van der Waals surface area contributed by atoms with E-state index in [-0.39, 0.29) is 0 Å². The van der Waals surface area contributed by atoms with Gasteiger partial charge in [0, 0.05) is 10.5 Å². The number of hydrogen-bond donors (Lipinski definition) is 1. The third-order valence-corrected chi connectivity index (χ3v) is 5.70. The van der Waals surface area contributed by atoms with Crippen LogP contribution < -0.4 is 5.73 Å². The highest BCUT2D eigenvalue weighted by atomic mass is 79.9. The van der Waals surface area contributed by atoms with E-state index >= 15 is 0 Å². The Balaban J connectivity index is 1.85. The highest BCUT2D eigenvalue weighted by Crippen LogP contribution is 2.34. The van der Waals surface area contributed by atoms with Crippen molar-refractivity contribution in [3.8, 4) is 0 Å². The van der Waals surface area contributed by atoms with Crippen LogP contribution in [-0.2, 0) is 0 Å². The highest BCUT2D eigenvalue weighted by molar-refractivity contribution is 9.10. The molecule has 3 rings (SSSR count). The molecule has 1 heterocycles. The average Bonchev–Trinajstić information content (AvgIpc) is 2.69. The summed E-state index contributed by atoms with van der Waals surface area (Å²) in [5, 5.41) is 0. The van der Waals surface area contributed by atoms with Gasteiger partial charge in [0.05, 0.1) is 12.6 Å². The van der Waals surface area contributed by atoms with E-state index < -0.39 is 0 Å². The molecule has 0 saturated heterocycles. The molecule has 0 amide bonds. The third-order valence-electron chi connectivity index (χ3n) is 4.81. The maximum Gasteiger partial charge on any atom is 0.192 e. The van der Waals surface area contributed by atoms with E-state index in [1.54, 1.807) is 0 Å². The smallest absolute Gasteiger partial charge is 0.192 e. The van der Waals surface area contributed by atoms with Gasteiger partial charge in [-0.2, -0.15) is 0 Å². The van der Waals surface area contributed by atoms with Crippen LogP contribution in [-0.4, -0.2) is 23.4 Å². The van der Waals surface area contributed by atoms with E-state index in [1.165, 1.54) is 54.1 Å². The van der Waals surface area contributed by atoms with Gasteiger partial charge in [-0.05, 0) is 37.0 Å². The Bertz CT molecular complexity index is 533. The molecule has 3 nitrogen and oxygen atoms in total. The maximum atomic E-state index is 6.22. The fourth-order valence-corrected chi connectivity index (χ4v) is 3.87. The van der Waals surface area contributed by atoms with Gasteiger partial charge in [-0.15, -0.1) is 0 Å². The van der Waals surface area contributed by atoms with Crippen LogP contribution >= 0.6 is 15.9 Å². The van der Waals surface area contributed by atoms with Gasteiger partial charge in [-0.3, -0.25) is 4.99 Å². The Hall–Kier alpha value is -1.03. The average molecular weight is 350 g/mol. The van der Waals surface area contributed by atoms with Gasteiger partial charge >= 0.3 is 0 Å². The van der Waals surface area contributed by atoms with Gasteiger partial charge in [0.15, 0.2) is 5.96 Å². The normalized spacial score (nSPS) is 24.0. The number of guanidine groups is 1. The van der Waals surface area contributed by atoms with Gasteiger partial charge in [0.1, 0.15) is 0 Å². The molecule has 2 aliphatic rings. The molecule has 1 aromatic carbocycles. The Morgan fingerprint density at radius 2 is 1.90 bits per heavy atom. The Labute approximate surface area is 135 Å². The summed E-state index contributed by atoms with van der Waals surface area (Å²) in [6.07, 6.45) is 7.87. The summed E-state index contributed by atoms with van der Waals surface area (Å²) >= 11 is 3.58. The van der Waals surface area contributed by atoms with Crippen molar-refractivity contribution in [1.82, 2.24) is 4.90 Å². The van der Waals surface area contributed by atoms with Gasteiger partial charge in [0.2, 0.25) is 0 Å². The molecule has 2 N–H and O–H groups in total. The lowest BCUT2D eigenvalue weighted by Crippen LogP contribution is -2.43. The number of rotatable bonds is 2. The molecule has 0 spiro atoms. The summed E-state index contributed by atoms with van der Waals surface area (Å²) in [7, 11) is 0. The molecular formula is C17H24BrN3. The molecule has 0 radical (unpaired) electrons. The number of halogens is 1. The first-order valence-corrected chi connectivity index (χ1v) is 8.80. The summed E-state index contributed by atoms with van der Waals surface area (Å²) in [6.45, 7) is 2.94. The van der Waals surface area contributed by atoms with Crippen LogP contribution in [0.15, 0.2) is 27.7 Å². The first-order valence-electron chi connectivity index (χ1n) is 8.01. The Morgan fingerprint density at radius 1 is 1.19 bits per heavy atom. The lowest BCUT2D eigenvalue weighted by atomic mass is 10.00. The van der Waals surface area contributed by atoms with E-state index in [4.69, 9.17) is 5.73 Å².